The number of aromatic nitrogens is 1. The van der Waals surface area contributed by atoms with Crippen LogP contribution in [0.1, 0.15) is 55.4 Å². The smallest absolute Gasteiger partial charge is 0.411 e. The van der Waals surface area contributed by atoms with Crippen LogP contribution in [0.15, 0.2) is 6.07 Å². The summed E-state index contributed by atoms with van der Waals surface area (Å²) in [6, 6.07) is 1.09. The molecule has 0 saturated carbocycles. The van der Waals surface area contributed by atoms with E-state index < -0.39 is 23.7 Å². The van der Waals surface area contributed by atoms with Crippen molar-refractivity contribution in [3.8, 4) is 0 Å². The Kier molecular flexibility index (Phi) is 5.78. The van der Waals surface area contributed by atoms with Crippen LogP contribution in [0.3, 0.4) is 0 Å². The van der Waals surface area contributed by atoms with E-state index in [1.54, 1.807) is 26.8 Å². The van der Waals surface area contributed by atoms with Crippen molar-refractivity contribution in [2.45, 2.75) is 59.1 Å². The molecule has 0 spiro atoms. The first-order chi connectivity index (χ1) is 12.0. The number of aryl methyl sites for hydroxylation is 1. The number of ether oxygens (including phenoxy) is 2. The number of Topliss-reactive ketones (excluding diaryl/α,β-unsaturated/α-hetero) is 1. The third-order valence-electron chi connectivity index (χ3n) is 4.57. The lowest BCUT2D eigenvalue weighted by Crippen LogP contribution is -2.44. The first-order valence-electron chi connectivity index (χ1n) is 8.83. The maximum Gasteiger partial charge on any atom is 0.411 e. The maximum atomic E-state index is 12.4. The molecule has 7 heteroatoms. The Morgan fingerprint density at radius 1 is 1.23 bits per heavy atom. The standard InChI is InChI=1S/C19H28N2O5/c1-12-10-14(13(2)20(12)6)16(22)11-25-17(23)15-8-7-9-21(15)18(24)26-19(3,4)5/h10,15H,7-9,11H2,1-6H3/t15-/m0/s1. The molecule has 1 aromatic heterocycles. The van der Waals surface area contributed by atoms with Crippen molar-refractivity contribution in [1.82, 2.24) is 9.47 Å². The summed E-state index contributed by atoms with van der Waals surface area (Å²) in [5, 5.41) is 0. The Hall–Kier alpha value is -2.31. The zero-order valence-electron chi connectivity index (χ0n) is 16.4. The molecule has 0 aromatic carbocycles. The van der Waals surface area contributed by atoms with Gasteiger partial charge in [-0.15, -0.1) is 0 Å². The van der Waals surface area contributed by atoms with Gasteiger partial charge in [0.2, 0.25) is 5.78 Å². The van der Waals surface area contributed by atoms with Crippen LogP contribution in [-0.2, 0) is 21.3 Å². The molecule has 7 nitrogen and oxygen atoms in total. The minimum absolute atomic E-state index is 0.249. The number of hydrogen-bond acceptors (Lipinski definition) is 5. The van der Waals surface area contributed by atoms with E-state index in [9.17, 15) is 14.4 Å². The van der Waals surface area contributed by atoms with E-state index in [1.807, 2.05) is 25.5 Å². The van der Waals surface area contributed by atoms with Crippen LogP contribution in [0.25, 0.3) is 0 Å². The lowest BCUT2D eigenvalue weighted by atomic mass is 10.1. The molecule has 0 unspecified atom stereocenters. The lowest BCUT2D eigenvalue weighted by molar-refractivity contribution is -0.147. The van der Waals surface area contributed by atoms with Gasteiger partial charge in [-0.2, -0.15) is 0 Å². The number of amides is 1. The van der Waals surface area contributed by atoms with Gasteiger partial charge in [-0.1, -0.05) is 0 Å². The number of ketones is 1. The van der Waals surface area contributed by atoms with Crippen molar-refractivity contribution in [3.05, 3.63) is 23.0 Å². The second-order valence-electron chi connectivity index (χ2n) is 7.71. The van der Waals surface area contributed by atoms with Crippen molar-refractivity contribution in [1.29, 1.82) is 0 Å². The largest absolute Gasteiger partial charge is 0.456 e. The van der Waals surface area contributed by atoms with Gasteiger partial charge in [0.15, 0.2) is 6.61 Å². The van der Waals surface area contributed by atoms with Gasteiger partial charge >= 0.3 is 12.1 Å². The van der Waals surface area contributed by atoms with Crippen LogP contribution >= 0.6 is 0 Å². The molecule has 0 radical (unpaired) electrons. The highest BCUT2D eigenvalue weighted by atomic mass is 16.6. The average Bonchev–Trinajstić information content (AvgIpc) is 3.12. The molecule has 2 rings (SSSR count). The van der Waals surface area contributed by atoms with Crippen LogP contribution < -0.4 is 0 Å². The molecule has 0 aliphatic carbocycles. The molecule has 144 valence electrons. The van der Waals surface area contributed by atoms with Crippen LogP contribution in [0.4, 0.5) is 4.79 Å². The van der Waals surface area contributed by atoms with Gasteiger partial charge in [0.1, 0.15) is 11.6 Å². The van der Waals surface area contributed by atoms with Crippen molar-refractivity contribution in [2.75, 3.05) is 13.2 Å². The number of hydrogen-bond donors (Lipinski definition) is 0. The summed E-state index contributed by atoms with van der Waals surface area (Å²) in [6.07, 6.45) is 0.678. The number of rotatable bonds is 4. The molecule has 1 atom stereocenters. The fourth-order valence-corrected chi connectivity index (χ4v) is 3.00. The van der Waals surface area contributed by atoms with Crippen molar-refractivity contribution < 1.29 is 23.9 Å². The quantitative estimate of drug-likeness (QED) is 0.606. The Morgan fingerprint density at radius 2 is 1.88 bits per heavy atom. The maximum absolute atomic E-state index is 12.4. The summed E-state index contributed by atoms with van der Waals surface area (Å²) in [5.74, 6) is -0.812. The minimum Gasteiger partial charge on any atom is -0.456 e. The average molecular weight is 364 g/mol. The normalized spacial score (nSPS) is 17.3. The van der Waals surface area contributed by atoms with E-state index in [2.05, 4.69) is 0 Å². The third kappa shape index (κ3) is 4.45. The second-order valence-corrected chi connectivity index (χ2v) is 7.71. The molecule has 2 heterocycles. The van der Waals surface area contributed by atoms with Crippen molar-refractivity contribution >= 4 is 17.8 Å². The van der Waals surface area contributed by atoms with E-state index >= 15 is 0 Å². The number of likely N-dealkylation sites (tertiary alicyclic amines) is 1. The molecule has 1 aliphatic rings. The monoisotopic (exact) mass is 364 g/mol. The molecular formula is C19H28N2O5. The summed E-state index contributed by atoms with van der Waals surface area (Å²) in [5.41, 5.74) is 1.71. The molecule has 1 aliphatic heterocycles. The van der Waals surface area contributed by atoms with E-state index in [4.69, 9.17) is 9.47 Å². The molecule has 0 N–H and O–H groups in total. The lowest BCUT2D eigenvalue weighted by Gasteiger charge is -2.27. The van der Waals surface area contributed by atoms with Crippen LogP contribution in [0, 0.1) is 13.8 Å². The van der Waals surface area contributed by atoms with Gasteiger partial charge in [0, 0.05) is 30.5 Å². The van der Waals surface area contributed by atoms with E-state index in [-0.39, 0.29) is 12.4 Å². The predicted octanol–water partition coefficient (Wildman–Crippen LogP) is 2.77. The number of esters is 1. The fourth-order valence-electron chi connectivity index (χ4n) is 3.00. The van der Waals surface area contributed by atoms with Crippen LogP contribution in [0.2, 0.25) is 0 Å². The predicted molar refractivity (Wildman–Crippen MR) is 96.1 cm³/mol. The highest BCUT2D eigenvalue weighted by Gasteiger charge is 2.37. The van der Waals surface area contributed by atoms with E-state index in [0.29, 0.717) is 24.9 Å². The zero-order valence-corrected chi connectivity index (χ0v) is 16.4. The van der Waals surface area contributed by atoms with Crippen molar-refractivity contribution in [2.24, 2.45) is 7.05 Å². The van der Waals surface area contributed by atoms with Crippen LogP contribution in [0.5, 0.6) is 0 Å². The molecule has 1 saturated heterocycles. The van der Waals surface area contributed by atoms with E-state index in [1.165, 1.54) is 4.90 Å². The highest BCUT2D eigenvalue weighted by Crippen LogP contribution is 2.22. The summed E-state index contributed by atoms with van der Waals surface area (Å²) >= 11 is 0. The SMILES string of the molecule is Cc1cc(C(=O)COC(=O)[C@@H]2CCCN2C(=O)OC(C)(C)C)c(C)n1C. The van der Waals surface area contributed by atoms with Gasteiger partial charge < -0.3 is 14.0 Å². The molecule has 0 bridgehead atoms. The minimum atomic E-state index is -0.698. The Bertz CT molecular complexity index is 714. The van der Waals surface area contributed by atoms with Gasteiger partial charge in [-0.25, -0.2) is 9.59 Å². The molecule has 1 aromatic rings. The summed E-state index contributed by atoms with van der Waals surface area (Å²) < 4.78 is 12.5. The Labute approximate surface area is 154 Å². The van der Waals surface area contributed by atoms with Crippen molar-refractivity contribution in [3.63, 3.8) is 0 Å². The van der Waals surface area contributed by atoms with Gasteiger partial charge in [0.05, 0.1) is 0 Å². The number of carbonyl (C=O) groups excluding carboxylic acids is 3. The van der Waals surface area contributed by atoms with Crippen LogP contribution in [-0.4, -0.2) is 52.1 Å². The molecule has 26 heavy (non-hydrogen) atoms. The van der Waals surface area contributed by atoms with Gasteiger partial charge in [0.25, 0.3) is 0 Å². The summed E-state index contributed by atoms with van der Waals surface area (Å²) in [6.45, 7) is 9.20. The van der Waals surface area contributed by atoms with Gasteiger partial charge in [-0.3, -0.25) is 9.69 Å². The van der Waals surface area contributed by atoms with Gasteiger partial charge in [-0.05, 0) is 53.5 Å². The first kappa shape index (κ1) is 20.0. The molecular weight excluding hydrogens is 336 g/mol. The Balaban J connectivity index is 1.97. The molecule has 1 amide bonds. The van der Waals surface area contributed by atoms with E-state index in [0.717, 1.165) is 11.4 Å². The molecule has 1 fully saturated rings. The third-order valence-corrected chi connectivity index (χ3v) is 4.57. The number of nitrogens with zero attached hydrogens (tertiary/aromatic N) is 2. The Morgan fingerprint density at radius 3 is 2.42 bits per heavy atom. The summed E-state index contributed by atoms with van der Waals surface area (Å²) in [4.78, 5) is 38.4. The zero-order chi connectivity index (χ0) is 19.6. The summed E-state index contributed by atoms with van der Waals surface area (Å²) in [7, 11) is 1.88. The first-order valence-corrected chi connectivity index (χ1v) is 8.83. The topological polar surface area (TPSA) is 77.8 Å². The number of carbonyl (C=O) groups is 3. The highest BCUT2D eigenvalue weighted by molar-refractivity contribution is 5.99. The fraction of sp³-hybridized carbons (Fsp3) is 0.632. The second kappa shape index (κ2) is 7.51.